The first-order chi connectivity index (χ1) is 10.2. The molecule has 6 heteroatoms. The average molecular weight is 424 g/mol. The van der Waals surface area contributed by atoms with E-state index in [1.54, 1.807) is 7.11 Å². The molecule has 2 aliphatic rings. The van der Waals surface area contributed by atoms with Gasteiger partial charge in [0.2, 0.25) is 0 Å². The molecule has 22 heavy (non-hydrogen) atoms. The predicted molar refractivity (Wildman–Crippen MR) is 103 cm³/mol. The molecule has 0 aromatic carbocycles. The molecule has 0 amide bonds. The van der Waals surface area contributed by atoms with Crippen LogP contribution in [0.3, 0.4) is 0 Å². The minimum Gasteiger partial charge on any atom is -0.383 e. The maximum atomic E-state index is 5.10. The molecule has 1 saturated carbocycles. The number of nitrogens with zero attached hydrogens (tertiary/aromatic N) is 3. The Morgan fingerprint density at radius 1 is 1.23 bits per heavy atom. The van der Waals surface area contributed by atoms with Gasteiger partial charge in [0.25, 0.3) is 0 Å². The van der Waals surface area contributed by atoms with Crippen molar-refractivity contribution in [3.63, 3.8) is 0 Å². The van der Waals surface area contributed by atoms with Crippen LogP contribution in [0.4, 0.5) is 0 Å². The highest BCUT2D eigenvalue weighted by atomic mass is 127. The first kappa shape index (κ1) is 20.0. The number of likely N-dealkylation sites (tertiary alicyclic amines) is 1. The molecule has 0 spiro atoms. The normalized spacial score (nSPS) is 25.1. The molecule has 1 heterocycles. The summed E-state index contributed by atoms with van der Waals surface area (Å²) >= 11 is 0. The van der Waals surface area contributed by atoms with E-state index in [-0.39, 0.29) is 24.0 Å². The molecule has 1 aliphatic heterocycles. The van der Waals surface area contributed by atoms with Gasteiger partial charge in [0.05, 0.1) is 6.61 Å². The number of halogens is 1. The summed E-state index contributed by atoms with van der Waals surface area (Å²) in [4.78, 5) is 9.23. The van der Waals surface area contributed by atoms with Gasteiger partial charge in [0.15, 0.2) is 5.96 Å². The second kappa shape index (κ2) is 10.6. The quantitative estimate of drug-likeness (QED) is 0.402. The molecule has 1 aliphatic carbocycles. The van der Waals surface area contributed by atoms with Crippen LogP contribution < -0.4 is 5.32 Å². The van der Waals surface area contributed by atoms with Crippen molar-refractivity contribution in [3.05, 3.63) is 0 Å². The van der Waals surface area contributed by atoms with Gasteiger partial charge in [-0.25, -0.2) is 0 Å². The number of methoxy groups -OCH3 is 1. The lowest BCUT2D eigenvalue weighted by Gasteiger charge is -2.23. The number of hydrogen-bond acceptors (Lipinski definition) is 3. The summed E-state index contributed by atoms with van der Waals surface area (Å²) in [5.74, 6) is 2.90. The summed E-state index contributed by atoms with van der Waals surface area (Å²) < 4.78 is 5.10. The van der Waals surface area contributed by atoms with Gasteiger partial charge in [-0.2, -0.15) is 0 Å². The van der Waals surface area contributed by atoms with Crippen molar-refractivity contribution >= 4 is 29.9 Å². The average Bonchev–Trinajstić information content (AvgIpc) is 2.93. The molecule has 1 N–H and O–H groups in total. The van der Waals surface area contributed by atoms with Gasteiger partial charge in [0, 0.05) is 46.9 Å². The largest absolute Gasteiger partial charge is 0.383 e. The first-order valence-corrected chi connectivity index (χ1v) is 8.37. The lowest BCUT2D eigenvalue weighted by Crippen LogP contribution is -2.43. The number of ether oxygens (including phenoxy) is 1. The van der Waals surface area contributed by atoms with Gasteiger partial charge in [0.1, 0.15) is 0 Å². The van der Waals surface area contributed by atoms with Crippen LogP contribution >= 0.6 is 24.0 Å². The zero-order valence-electron chi connectivity index (χ0n) is 14.4. The van der Waals surface area contributed by atoms with Crippen molar-refractivity contribution in [2.45, 2.75) is 25.7 Å². The van der Waals surface area contributed by atoms with Gasteiger partial charge in [-0.1, -0.05) is 12.8 Å². The molecule has 2 unspecified atom stereocenters. The molecule has 5 nitrogen and oxygen atoms in total. The predicted octanol–water partition coefficient (Wildman–Crippen LogP) is 1.88. The second-order valence-corrected chi connectivity index (χ2v) is 6.48. The van der Waals surface area contributed by atoms with Gasteiger partial charge in [-0.15, -0.1) is 24.0 Å². The van der Waals surface area contributed by atoms with Crippen molar-refractivity contribution in [2.24, 2.45) is 16.8 Å². The molecule has 2 rings (SSSR count). The van der Waals surface area contributed by atoms with Crippen LogP contribution in [0.25, 0.3) is 0 Å². The molecule has 2 fully saturated rings. The molecule has 0 radical (unpaired) electrons. The number of hydrogen-bond donors (Lipinski definition) is 1. The number of rotatable bonds is 6. The highest BCUT2D eigenvalue weighted by Crippen LogP contribution is 2.35. The summed E-state index contributed by atoms with van der Waals surface area (Å²) in [6.07, 6.45) is 5.67. The van der Waals surface area contributed by atoms with Crippen molar-refractivity contribution in [1.29, 1.82) is 0 Å². The van der Waals surface area contributed by atoms with Gasteiger partial charge in [-0.05, 0) is 31.7 Å². The lowest BCUT2D eigenvalue weighted by atomic mass is 9.82. The monoisotopic (exact) mass is 424 g/mol. The first-order valence-electron chi connectivity index (χ1n) is 8.37. The molecule has 2 atom stereocenters. The third-order valence-corrected chi connectivity index (χ3v) is 4.94. The van der Waals surface area contributed by atoms with E-state index in [1.165, 1.54) is 38.8 Å². The Labute approximate surface area is 152 Å². The summed E-state index contributed by atoms with van der Waals surface area (Å²) in [5, 5.41) is 3.52. The van der Waals surface area contributed by atoms with E-state index in [0.717, 1.165) is 44.0 Å². The van der Waals surface area contributed by atoms with Gasteiger partial charge < -0.3 is 19.9 Å². The zero-order valence-corrected chi connectivity index (χ0v) is 16.7. The van der Waals surface area contributed by atoms with Crippen LogP contribution in [-0.2, 0) is 4.74 Å². The standard InChI is InChI=1S/C16H32N4O.HI/c1-17-16(18-8-9-19(2)10-11-21-3)20-12-14-6-4-5-7-15(14)13-20;/h14-15H,4-13H2,1-3H3,(H,17,18);1H. The molecule has 130 valence electrons. The van der Waals surface area contributed by atoms with E-state index in [1.807, 2.05) is 7.05 Å². The zero-order chi connectivity index (χ0) is 15.1. The van der Waals surface area contributed by atoms with Crippen molar-refractivity contribution in [2.75, 3.05) is 60.5 Å². The van der Waals surface area contributed by atoms with Crippen LogP contribution in [0, 0.1) is 11.8 Å². The summed E-state index contributed by atoms with van der Waals surface area (Å²) in [6, 6.07) is 0. The Kier molecular flexibility index (Phi) is 9.66. The summed E-state index contributed by atoms with van der Waals surface area (Å²) in [6.45, 7) is 6.13. The maximum absolute atomic E-state index is 5.10. The number of aliphatic imine (C=N–C) groups is 1. The molecule has 0 aromatic rings. The van der Waals surface area contributed by atoms with E-state index < -0.39 is 0 Å². The Bertz CT molecular complexity index is 326. The van der Waals surface area contributed by atoms with Crippen molar-refractivity contribution < 1.29 is 4.74 Å². The van der Waals surface area contributed by atoms with E-state index in [9.17, 15) is 0 Å². The third kappa shape index (κ3) is 5.85. The Morgan fingerprint density at radius 3 is 2.41 bits per heavy atom. The minimum atomic E-state index is 0. The number of likely N-dealkylation sites (N-methyl/N-ethyl adjacent to an activating group) is 1. The maximum Gasteiger partial charge on any atom is 0.193 e. The Balaban J connectivity index is 0.00000242. The van der Waals surface area contributed by atoms with E-state index in [0.29, 0.717) is 0 Å². The smallest absolute Gasteiger partial charge is 0.193 e. The SMILES string of the molecule is CN=C(NCCN(C)CCOC)N1CC2CCCCC2C1.I. The number of guanidine groups is 1. The van der Waals surface area contributed by atoms with E-state index in [4.69, 9.17) is 4.74 Å². The molecule has 0 aromatic heterocycles. The number of fused-ring (bicyclic) bond motifs is 1. The van der Waals surface area contributed by atoms with Crippen LogP contribution in [0.2, 0.25) is 0 Å². The van der Waals surface area contributed by atoms with Gasteiger partial charge in [-0.3, -0.25) is 4.99 Å². The van der Waals surface area contributed by atoms with Crippen molar-refractivity contribution in [1.82, 2.24) is 15.1 Å². The van der Waals surface area contributed by atoms with Crippen LogP contribution in [-0.4, -0.2) is 76.3 Å². The summed E-state index contributed by atoms with van der Waals surface area (Å²) in [5.41, 5.74) is 0. The lowest BCUT2D eigenvalue weighted by molar-refractivity contribution is 0.162. The van der Waals surface area contributed by atoms with E-state index >= 15 is 0 Å². The highest BCUT2D eigenvalue weighted by molar-refractivity contribution is 14.0. The van der Waals surface area contributed by atoms with Crippen molar-refractivity contribution in [3.8, 4) is 0 Å². The molecular weight excluding hydrogens is 391 g/mol. The van der Waals surface area contributed by atoms with Crippen LogP contribution in [0.15, 0.2) is 4.99 Å². The number of nitrogens with one attached hydrogen (secondary N) is 1. The molecule has 0 bridgehead atoms. The topological polar surface area (TPSA) is 40.1 Å². The Morgan fingerprint density at radius 2 is 1.86 bits per heavy atom. The second-order valence-electron chi connectivity index (χ2n) is 6.48. The fourth-order valence-corrected chi connectivity index (χ4v) is 3.63. The minimum absolute atomic E-state index is 0. The fourth-order valence-electron chi connectivity index (χ4n) is 3.63. The Hall–Kier alpha value is -0.0800. The third-order valence-electron chi connectivity index (χ3n) is 4.94. The van der Waals surface area contributed by atoms with Crippen LogP contribution in [0.1, 0.15) is 25.7 Å². The molecular formula is C16H33IN4O. The fraction of sp³-hybridized carbons (Fsp3) is 0.938. The highest BCUT2D eigenvalue weighted by Gasteiger charge is 2.35. The van der Waals surface area contributed by atoms with E-state index in [2.05, 4.69) is 27.2 Å². The molecule has 1 saturated heterocycles. The summed E-state index contributed by atoms with van der Waals surface area (Å²) in [7, 11) is 5.79. The van der Waals surface area contributed by atoms with Gasteiger partial charge >= 0.3 is 0 Å². The van der Waals surface area contributed by atoms with Crippen LogP contribution in [0.5, 0.6) is 0 Å².